The Hall–Kier alpha value is -2.58. The fourth-order valence-corrected chi connectivity index (χ4v) is 5.14. The second-order valence-electron chi connectivity index (χ2n) is 7.87. The molecule has 0 aromatic heterocycles. The lowest BCUT2D eigenvalue weighted by Gasteiger charge is -2.14. The van der Waals surface area contributed by atoms with Gasteiger partial charge in [-0.15, -0.1) is 0 Å². The Morgan fingerprint density at radius 1 is 0.909 bits per heavy atom. The van der Waals surface area contributed by atoms with E-state index in [9.17, 15) is 13.2 Å². The summed E-state index contributed by atoms with van der Waals surface area (Å²) >= 11 is 12.0. The van der Waals surface area contributed by atoms with Crippen LogP contribution in [-0.4, -0.2) is 32.3 Å². The number of carbonyl (C=O) groups is 1. The minimum Gasteiger partial charge on any atom is -0.322 e. The number of sulfonamides is 1. The predicted molar refractivity (Wildman–Crippen MR) is 133 cm³/mol. The van der Waals surface area contributed by atoms with Gasteiger partial charge in [0.1, 0.15) is 0 Å². The van der Waals surface area contributed by atoms with Crippen molar-refractivity contribution >= 4 is 50.5 Å². The number of likely N-dealkylation sites (tertiary alicyclic amines) is 1. The number of amides is 1. The van der Waals surface area contributed by atoms with Gasteiger partial charge in [0.2, 0.25) is 0 Å². The highest BCUT2D eigenvalue weighted by molar-refractivity contribution is 7.92. The molecule has 6 nitrogen and oxygen atoms in total. The van der Waals surface area contributed by atoms with Gasteiger partial charge in [0.15, 0.2) is 0 Å². The Morgan fingerprint density at radius 2 is 1.58 bits per heavy atom. The van der Waals surface area contributed by atoms with Crippen LogP contribution in [0.2, 0.25) is 10.0 Å². The van der Waals surface area contributed by atoms with Crippen molar-refractivity contribution in [3.63, 3.8) is 0 Å². The van der Waals surface area contributed by atoms with Crippen LogP contribution in [0.3, 0.4) is 0 Å². The molecule has 4 rings (SSSR count). The van der Waals surface area contributed by atoms with Gasteiger partial charge in [-0.1, -0.05) is 41.4 Å². The van der Waals surface area contributed by atoms with Crippen molar-refractivity contribution in [2.24, 2.45) is 0 Å². The van der Waals surface area contributed by atoms with Gasteiger partial charge in [0.25, 0.3) is 15.9 Å². The van der Waals surface area contributed by atoms with Gasteiger partial charge in [0, 0.05) is 17.8 Å². The van der Waals surface area contributed by atoms with Crippen molar-refractivity contribution in [1.29, 1.82) is 0 Å². The molecule has 172 valence electrons. The summed E-state index contributed by atoms with van der Waals surface area (Å²) in [5.74, 6) is -0.262. The second-order valence-corrected chi connectivity index (χ2v) is 10.3. The van der Waals surface area contributed by atoms with Crippen molar-refractivity contribution in [2.45, 2.75) is 24.3 Å². The molecule has 2 N–H and O–H groups in total. The maximum atomic E-state index is 12.7. The van der Waals surface area contributed by atoms with Gasteiger partial charge in [-0.25, -0.2) is 8.42 Å². The van der Waals surface area contributed by atoms with Gasteiger partial charge in [0.05, 0.1) is 20.6 Å². The van der Waals surface area contributed by atoms with E-state index < -0.39 is 10.0 Å². The molecule has 0 aliphatic carbocycles. The first-order valence-corrected chi connectivity index (χ1v) is 12.8. The fourth-order valence-electron chi connectivity index (χ4n) is 3.67. The van der Waals surface area contributed by atoms with Crippen LogP contribution in [0.4, 0.5) is 11.4 Å². The molecule has 0 bridgehead atoms. The van der Waals surface area contributed by atoms with Gasteiger partial charge in [-0.3, -0.25) is 14.4 Å². The number of halogens is 2. The predicted octanol–water partition coefficient (Wildman–Crippen LogP) is 5.64. The highest BCUT2D eigenvalue weighted by Crippen LogP contribution is 2.31. The lowest BCUT2D eigenvalue weighted by molar-refractivity contribution is 0.102. The first-order valence-electron chi connectivity index (χ1n) is 10.5. The summed E-state index contributed by atoms with van der Waals surface area (Å²) in [5, 5.41) is 3.16. The summed E-state index contributed by atoms with van der Waals surface area (Å²) in [5.41, 5.74) is 2.39. The molecule has 3 aromatic rings. The number of benzene rings is 3. The fraction of sp³-hybridized carbons (Fsp3) is 0.208. The molecule has 1 aliphatic heterocycles. The third-order valence-corrected chi connectivity index (χ3v) is 7.64. The maximum Gasteiger partial charge on any atom is 0.261 e. The number of carbonyl (C=O) groups excluding carboxylic acids is 1. The lowest BCUT2D eigenvalue weighted by atomic mass is 10.1. The lowest BCUT2D eigenvalue weighted by Crippen LogP contribution is -2.18. The zero-order valence-electron chi connectivity index (χ0n) is 17.7. The molecule has 1 fully saturated rings. The average molecular weight is 504 g/mol. The zero-order chi connectivity index (χ0) is 23.4. The summed E-state index contributed by atoms with van der Waals surface area (Å²) in [6.07, 6.45) is 2.48. The molecule has 0 spiro atoms. The summed E-state index contributed by atoms with van der Waals surface area (Å²) in [6, 6.07) is 18.1. The van der Waals surface area contributed by atoms with Crippen LogP contribution in [0.5, 0.6) is 0 Å². The molecule has 0 radical (unpaired) electrons. The summed E-state index contributed by atoms with van der Waals surface area (Å²) < 4.78 is 27.8. The zero-order valence-corrected chi connectivity index (χ0v) is 20.1. The minimum atomic E-state index is -3.87. The number of hydrogen-bond acceptors (Lipinski definition) is 4. The standard InChI is InChI=1S/C24H23Cl2N3O3S/c25-21-4-3-5-22(23(21)26)28-33(31,32)20-12-10-19(11-13-20)27-24(30)18-8-6-17(7-9-18)16-29-14-1-2-15-29/h3-13,28H,1-2,14-16H2,(H,27,30). The van der Waals surface area contributed by atoms with Crippen LogP contribution >= 0.6 is 23.2 Å². The maximum absolute atomic E-state index is 12.7. The van der Waals surface area contributed by atoms with Gasteiger partial charge in [-0.05, 0) is 80.0 Å². The number of nitrogens with zero attached hydrogens (tertiary/aromatic N) is 1. The second kappa shape index (κ2) is 10.1. The first kappa shape index (κ1) is 23.6. The van der Waals surface area contributed by atoms with Crippen LogP contribution < -0.4 is 10.0 Å². The molecule has 9 heteroatoms. The first-order chi connectivity index (χ1) is 15.8. The largest absolute Gasteiger partial charge is 0.322 e. The Balaban J connectivity index is 1.39. The molecule has 33 heavy (non-hydrogen) atoms. The monoisotopic (exact) mass is 503 g/mol. The van der Waals surface area contributed by atoms with Crippen LogP contribution in [-0.2, 0) is 16.6 Å². The normalized spacial score (nSPS) is 14.2. The van der Waals surface area contributed by atoms with E-state index in [1.165, 1.54) is 48.7 Å². The van der Waals surface area contributed by atoms with Gasteiger partial charge < -0.3 is 5.32 Å². The molecular weight excluding hydrogens is 481 g/mol. The van der Waals surface area contributed by atoms with E-state index in [1.54, 1.807) is 24.3 Å². The van der Waals surface area contributed by atoms with Gasteiger partial charge in [-0.2, -0.15) is 0 Å². The molecule has 0 saturated carbocycles. The Bertz CT molecular complexity index is 1240. The van der Waals surface area contributed by atoms with Crippen molar-refractivity contribution in [3.8, 4) is 0 Å². The van der Waals surface area contributed by atoms with E-state index in [4.69, 9.17) is 23.2 Å². The highest BCUT2D eigenvalue weighted by Gasteiger charge is 2.17. The van der Waals surface area contributed by atoms with Crippen molar-refractivity contribution in [2.75, 3.05) is 23.1 Å². The highest BCUT2D eigenvalue weighted by atomic mass is 35.5. The SMILES string of the molecule is O=C(Nc1ccc(S(=O)(=O)Nc2cccc(Cl)c2Cl)cc1)c1ccc(CN2CCCC2)cc1. The van der Waals surface area contributed by atoms with E-state index in [2.05, 4.69) is 14.9 Å². The Kier molecular flexibility index (Phi) is 7.24. The molecule has 1 saturated heterocycles. The number of rotatable bonds is 7. The quantitative estimate of drug-likeness (QED) is 0.437. The molecular formula is C24H23Cl2N3O3S. The van der Waals surface area contributed by atoms with Crippen molar-refractivity contribution < 1.29 is 13.2 Å². The number of hydrogen-bond donors (Lipinski definition) is 2. The van der Waals surface area contributed by atoms with Crippen LogP contribution in [0, 0.1) is 0 Å². The Morgan fingerprint density at radius 3 is 2.24 bits per heavy atom. The summed E-state index contributed by atoms with van der Waals surface area (Å²) in [6.45, 7) is 3.14. The van der Waals surface area contributed by atoms with Crippen molar-refractivity contribution in [1.82, 2.24) is 4.90 Å². The molecule has 3 aromatic carbocycles. The van der Waals surface area contributed by atoms with Crippen LogP contribution in [0.15, 0.2) is 71.6 Å². The smallest absolute Gasteiger partial charge is 0.261 e. The number of nitrogens with one attached hydrogen (secondary N) is 2. The van der Waals surface area contributed by atoms with E-state index in [1.807, 2.05) is 12.1 Å². The van der Waals surface area contributed by atoms with Gasteiger partial charge >= 0.3 is 0 Å². The Labute approximate surface area is 203 Å². The molecule has 1 aliphatic rings. The summed E-state index contributed by atoms with van der Waals surface area (Å²) in [4.78, 5) is 15.0. The molecule has 0 atom stereocenters. The third kappa shape index (κ3) is 5.86. The van der Waals surface area contributed by atoms with Crippen molar-refractivity contribution in [3.05, 3.63) is 87.9 Å². The topological polar surface area (TPSA) is 78.5 Å². The average Bonchev–Trinajstić information content (AvgIpc) is 3.31. The molecule has 1 amide bonds. The molecule has 0 unspecified atom stereocenters. The van der Waals surface area contributed by atoms with E-state index in [0.29, 0.717) is 11.3 Å². The number of anilines is 2. The van der Waals surface area contributed by atoms with Crippen LogP contribution in [0.1, 0.15) is 28.8 Å². The van der Waals surface area contributed by atoms with E-state index >= 15 is 0 Å². The molecule has 1 heterocycles. The van der Waals surface area contributed by atoms with Crippen LogP contribution in [0.25, 0.3) is 0 Å². The third-order valence-electron chi connectivity index (χ3n) is 5.44. The summed E-state index contributed by atoms with van der Waals surface area (Å²) in [7, 11) is -3.87. The van der Waals surface area contributed by atoms with E-state index in [0.717, 1.165) is 19.6 Å². The minimum absolute atomic E-state index is 0.0304. The van der Waals surface area contributed by atoms with E-state index in [-0.39, 0.29) is 26.5 Å².